The lowest BCUT2D eigenvalue weighted by Gasteiger charge is -1.95. The Balaban J connectivity index is 1.97. The summed E-state index contributed by atoms with van der Waals surface area (Å²) in [6.07, 6.45) is 4.46. The fourth-order valence-electron chi connectivity index (χ4n) is 1.47. The summed E-state index contributed by atoms with van der Waals surface area (Å²) in [5.41, 5.74) is 1.25. The maximum Gasteiger partial charge on any atom is 0.0406 e. The largest absolute Gasteiger partial charge is 0.261 e. The van der Waals surface area contributed by atoms with Gasteiger partial charge in [-0.25, -0.2) is 0 Å². The van der Waals surface area contributed by atoms with Crippen LogP contribution in [-0.2, 0) is 6.42 Å². The van der Waals surface area contributed by atoms with Gasteiger partial charge in [-0.15, -0.1) is 0 Å². The number of pyridine rings is 1. The molecule has 1 nitrogen and oxygen atoms in total. The second kappa shape index (κ2) is 2.65. The van der Waals surface area contributed by atoms with E-state index in [1.807, 2.05) is 12.3 Å². The Hall–Kier alpha value is -0.850. The highest BCUT2D eigenvalue weighted by Gasteiger charge is 2.32. The molecule has 1 fully saturated rings. The minimum absolute atomic E-state index is 0.921. The first-order valence-corrected chi connectivity index (χ1v) is 4.26. The van der Waals surface area contributed by atoms with Crippen molar-refractivity contribution in [3.05, 3.63) is 30.1 Å². The molecule has 58 valence electrons. The van der Waals surface area contributed by atoms with Crippen molar-refractivity contribution in [2.75, 3.05) is 0 Å². The van der Waals surface area contributed by atoms with Crippen molar-refractivity contribution in [2.24, 2.45) is 11.8 Å². The predicted molar refractivity (Wildman–Crippen MR) is 45.2 cm³/mol. The summed E-state index contributed by atoms with van der Waals surface area (Å²) < 4.78 is 0. The summed E-state index contributed by atoms with van der Waals surface area (Å²) in [6, 6.07) is 6.15. The standard InChI is InChI=1S/C10H13N/c1-8-6-9(8)7-10-4-2-3-5-11-10/h2-5,8-9H,6-7H2,1H3/t8-,9+/m0/s1. The van der Waals surface area contributed by atoms with Crippen molar-refractivity contribution in [1.29, 1.82) is 0 Å². The second-order valence-corrected chi connectivity index (χ2v) is 3.50. The number of aromatic nitrogens is 1. The number of hydrogen-bond acceptors (Lipinski definition) is 1. The van der Waals surface area contributed by atoms with Gasteiger partial charge in [0, 0.05) is 11.9 Å². The lowest BCUT2D eigenvalue weighted by Crippen LogP contribution is -1.90. The fraction of sp³-hybridized carbons (Fsp3) is 0.500. The Morgan fingerprint density at radius 1 is 1.55 bits per heavy atom. The molecule has 0 saturated heterocycles. The normalized spacial score (nSPS) is 28.5. The summed E-state index contributed by atoms with van der Waals surface area (Å²) in [4.78, 5) is 4.29. The van der Waals surface area contributed by atoms with Gasteiger partial charge in [-0.05, 0) is 36.8 Å². The van der Waals surface area contributed by atoms with Crippen LogP contribution >= 0.6 is 0 Å². The van der Waals surface area contributed by atoms with Crippen LogP contribution in [0.5, 0.6) is 0 Å². The topological polar surface area (TPSA) is 12.9 Å². The van der Waals surface area contributed by atoms with E-state index in [-0.39, 0.29) is 0 Å². The molecule has 1 heterocycles. The highest BCUT2D eigenvalue weighted by molar-refractivity contribution is 5.06. The summed E-state index contributed by atoms with van der Waals surface area (Å²) in [6.45, 7) is 2.31. The van der Waals surface area contributed by atoms with Crippen molar-refractivity contribution in [1.82, 2.24) is 4.98 Å². The Labute approximate surface area is 67.5 Å². The Morgan fingerprint density at radius 3 is 2.91 bits per heavy atom. The van der Waals surface area contributed by atoms with Gasteiger partial charge in [0.2, 0.25) is 0 Å². The van der Waals surface area contributed by atoms with Crippen molar-refractivity contribution in [2.45, 2.75) is 19.8 Å². The minimum Gasteiger partial charge on any atom is -0.261 e. The van der Waals surface area contributed by atoms with Crippen molar-refractivity contribution < 1.29 is 0 Å². The van der Waals surface area contributed by atoms with Crippen LogP contribution in [0.15, 0.2) is 24.4 Å². The molecule has 11 heavy (non-hydrogen) atoms. The summed E-state index contributed by atoms with van der Waals surface area (Å²) >= 11 is 0. The first kappa shape index (κ1) is 6.84. The Kier molecular flexibility index (Phi) is 1.65. The van der Waals surface area contributed by atoms with E-state index in [0.717, 1.165) is 11.8 Å². The van der Waals surface area contributed by atoms with Gasteiger partial charge < -0.3 is 0 Å². The summed E-state index contributed by atoms with van der Waals surface area (Å²) in [7, 11) is 0. The van der Waals surface area contributed by atoms with Crippen molar-refractivity contribution in [3.63, 3.8) is 0 Å². The average molecular weight is 147 g/mol. The van der Waals surface area contributed by atoms with Crippen LogP contribution in [0.25, 0.3) is 0 Å². The zero-order valence-electron chi connectivity index (χ0n) is 6.83. The molecule has 2 atom stereocenters. The molecule has 1 aliphatic rings. The van der Waals surface area contributed by atoms with E-state index >= 15 is 0 Å². The molecule has 0 bridgehead atoms. The quantitative estimate of drug-likeness (QED) is 0.625. The van der Waals surface area contributed by atoms with Gasteiger partial charge in [-0.2, -0.15) is 0 Å². The van der Waals surface area contributed by atoms with E-state index in [1.165, 1.54) is 18.5 Å². The summed E-state index contributed by atoms with van der Waals surface area (Å²) in [5, 5.41) is 0. The lowest BCUT2D eigenvalue weighted by molar-refractivity contribution is 0.731. The van der Waals surface area contributed by atoms with Gasteiger partial charge in [-0.1, -0.05) is 13.0 Å². The maximum atomic E-state index is 4.29. The van der Waals surface area contributed by atoms with Crippen LogP contribution in [-0.4, -0.2) is 4.98 Å². The monoisotopic (exact) mass is 147 g/mol. The van der Waals surface area contributed by atoms with Crippen molar-refractivity contribution in [3.8, 4) is 0 Å². The molecule has 0 aromatic carbocycles. The minimum atomic E-state index is 0.921. The van der Waals surface area contributed by atoms with Gasteiger partial charge in [0.15, 0.2) is 0 Å². The average Bonchev–Trinajstić information content (AvgIpc) is 2.69. The molecular formula is C10H13N. The van der Waals surface area contributed by atoms with Gasteiger partial charge in [0.1, 0.15) is 0 Å². The number of nitrogens with zero attached hydrogens (tertiary/aromatic N) is 1. The van der Waals surface area contributed by atoms with E-state index in [1.54, 1.807) is 0 Å². The van der Waals surface area contributed by atoms with E-state index in [0.29, 0.717) is 0 Å². The molecule has 0 radical (unpaired) electrons. The zero-order chi connectivity index (χ0) is 7.68. The first-order valence-electron chi connectivity index (χ1n) is 4.26. The predicted octanol–water partition coefficient (Wildman–Crippen LogP) is 2.28. The molecule has 1 aromatic rings. The third-order valence-electron chi connectivity index (χ3n) is 2.47. The van der Waals surface area contributed by atoms with Gasteiger partial charge in [0.05, 0.1) is 0 Å². The molecule has 1 heteroatoms. The highest BCUT2D eigenvalue weighted by atomic mass is 14.7. The molecule has 1 saturated carbocycles. The van der Waals surface area contributed by atoms with Gasteiger partial charge in [0.25, 0.3) is 0 Å². The van der Waals surface area contributed by atoms with Crippen molar-refractivity contribution >= 4 is 0 Å². The zero-order valence-corrected chi connectivity index (χ0v) is 6.83. The Bertz CT molecular complexity index is 230. The Morgan fingerprint density at radius 2 is 2.36 bits per heavy atom. The van der Waals surface area contributed by atoms with Gasteiger partial charge in [-0.3, -0.25) is 4.98 Å². The maximum absolute atomic E-state index is 4.29. The van der Waals surface area contributed by atoms with Gasteiger partial charge >= 0.3 is 0 Å². The molecule has 0 unspecified atom stereocenters. The molecule has 0 N–H and O–H groups in total. The van der Waals surface area contributed by atoms with E-state index < -0.39 is 0 Å². The SMILES string of the molecule is C[C@H]1C[C@@H]1Cc1ccccn1. The van der Waals surface area contributed by atoms with Crippen LogP contribution in [0, 0.1) is 11.8 Å². The third-order valence-corrected chi connectivity index (χ3v) is 2.47. The molecule has 0 amide bonds. The second-order valence-electron chi connectivity index (χ2n) is 3.50. The number of rotatable bonds is 2. The van der Waals surface area contributed by atoms with Crippen LogP contribution in [0.1, 0.15) is 19.0 Å². The smallest absolute Gasteiger partial charge is 0.0406 e. The van der Waals surface area contributed by atoms with E-state index in [9.17, 15) is 0 Å². The van der Waals surface area contributed by atoms with Crippen LogP contribution in [0.2, 0.25) is 0 Å². The lowest BCUT2D eigenvalue weighted by atomic mass is 10.2. The van der Waals surface area contributed by atoms with Crippen LogP contribution in [0.3, 0.4) is 0 Å². The first-order chi connectivity index (χ1) is 5.36. The third kappa shape index (κ3) is 1.59. The van der Waals surface area contributed by atoms with Crippen LogP contribution in [0.4, 0.5) is 0 Å². The summed E-state index contributed by atoms with van der Waals surface area (Å²) in [5.74, 6) is 1.86. The molecule has 1 aliphatic carbocycles. The highest BCUT2D eigenvalue weighted by Crippen LogP contribution is 2.39. The van der Waals surface area contributed by atoms with E-state index in [2.05, 4.69) is 24.0 Å². The molecular weight excluding hydrogens is 134 g/mol. The molecule has 0 spiro atoms. The molecule has 1 aromatic heterocycles. The molecule has 2 rings (SSSR count). The van der Waals surface area contributed by atoms with E-state index in [4.69, 9.17) is 0 Å². The fourth-order valence-corrected chi connectivity index (χ4v) is 1.47. The van der Waals surface area contributed by atoms with Crippen LogP contribution < -0.4 is 0 Å². The molecule has 0 aliphatic heterocycles. The number of hydrogen-bond donors (Lipinski definition) is 0.